The van der Waals surface area contributed by atoms with Crippen LogP contribution in [0.4, 0.5) is 4.79 Å². The zero-order chi connectivity index (χ0) is 38.8. The van der Waals surface area contributed by atoms with Crippen molar-refractivity contribution in [3.05, 3.63) is 51.6 Å². The molecule has 296 valence electrons. The number of fused-ring (bicyclic) bond motifs is 6. The topological polar surface area (TPSA) is 219 Å². The monoisotopic (exact) mass is 766 g/mol. The average molecular weight is 767 g/mol. The molecule has 0 bridgehead atoms. The van der Waals surface area contributed by atoms with E-state index in [1.807, 2.05) is 6.92 Å². The number of carbonyl (C=O) groups excluding carboxylic acids is 3. The van der Waals surface area contributed by atoms with Gasteiger partial charge in [0.15, 0.2) is 31.2 Å². The van der Waals surface area contributed by atoms with E-state index in [4.69, 9.17) is 38.6 Å². The fraction of sp³-hybridized carbons (Fsp3) is 0.579. The first-order valence-electron chi connectivity index (χ1n) is 18.6. The molecule has 17 heteroatoms. The van der Waals surface area contributed by atoms with Gasteiger partial charge in [-0.25, -0.2) is 4.79 Å². The number of morpholine rings is 1. The first-order chi connectivity index (χ1) is 26.4. The third-order valence-electron chi connectivity index (χ3n) is 11.7. The number of methoxy groups -OCH3 is 2. The summed E-state index contributed by atoms with van der Waals surface area (Å²) in [6, 6.07) is 4.47. The lowest BCUT2D eigenvalue weighted by atomic mass is 9.71. The van der Waals surface area contributed by atoms with Crippen molar-refractivity contribution in [2.75, 3.05) is 60.2 Å². The number of ether oxygens (including phenoxy) is 7. The average Bonchev–Trinajstić information content (AvgIpc) is 3.34. The second-order valence-corrected chi connectivity index (χ2v) is 14.8. The fourth-order valence-electron chi connectivity index (χ4n) is 8.97. The van der Waals surface area contributed by atoms with Gasteiger partial charge in [-0.3, -0.25) is 19.9 Å². The van der Waals surface area contributed by atoms with E-state index in [0.717, 1.165) is 6.54 Å². The number of hydrogen-bond donors (Lipinski definition) is 5. The lowest BCUT2D eigenvalue weighted by molar-refractivity contribution is -0.256. The Hall–Kier alpha value is -4.20. The van der Waals surface area contributed by atoms with E-state index < -0.39 is 85.2 Å². The highest BCUT2D eigenvalue weighted by molar-refractivity contribution is 6.32. The van der Waals surface area contributed by atoms with E-state index in [2.05, 4.69) is 10.2 Å². The van der Waals surface area contributed by atoms with E-state index in [1.54, 1.807) is 19.2 Å². The second-order valence-electron chi connectivity index (χ2n) is 14.8. The molecule has 5 N–H and O–H groups in total. The minimum Gasteiger partial charge on any atom is -0.507 e. The molecule has 4 heterocycles. The van der Waals surface area contributed by atoms with Gasteiger partial charge in [-0.2, -0.15) is 0 Å². The maximum absolute atomic E-state index is 14.0. The number of nitrogens with one attached hydrogen (secondary N) is 2. The van der Waals surface area contributed by atoms with E-state index in [9.17, 15) is 29.7 Å². The van der Waals surface area contributed by atoms with Crippen LogP contribution in [0.3, 0.4) is 0 Å². The molecule has 8 rings (SSSR count). The lowest BCUT2D eigenvalue weighted by Crippen LogP contribution is -2.55. The standard InChI is InChI=1S/C38H46N4O13/c1-18-34-21(42-12-13-51-36(50-3)35(42)55-34)14-25(53-18)54-23-16-38(48,24(43)17-52-37(47)41-10-5-8-40-9-11-41)15-20-27(23)33(46)28-29(32(20)45)31(44)19-6-4-7-22(49-2)26(19)30(28)39/h4,6-7,18,21,23,25,34-36,39-40,45-46,48H,5,8-17H2,1-3H3/t18-,21-,23-,25-,34+,35+,36-,38-/m0/s1. The van der Waals surface area contributed by atoms with Gasteiger partial charge >= 0.3 is 6.09 Å². The summed E-state index contributed by atoms with van der Waals surface area (Å²) in [4.78, 5) is 44.5. The molecule has 2 aliphatic carbocycles. The fourth-order valence-corrected chi connectivity index (χ4v) is 8.97. The first-order valence-corrected chi connectivity index (χ1v) is 18.6. The highest BCUT2D eigenvalue weighted by atomic mass is 16.7. The molecule has 17 nitrogen and oxygen atoms in total. The zero-order valence-electron chi connectivity index (χ0n) is 30.9. The number of carbonyl (C=O) groups is 3. The van der Waals surface area contributed by atoms with Crippen molar-refractivity contribution in [3.63, 3.8) is 0 Å². The van der Waals surface area contributed by atoms with E-state index in [0.29, 0.717) is 45.6 Å². The summed E-state index contributed by atoms with van der Waals surface area (Å²) in [5, 5.41) is 48.5. The van der Waals surface area contributed by atoms with Crippen molar-refractivity contribution in [1.82, 2.24) is 15.1 Å². The van der Waals surface area contributed by atoms with Crippen molar-refractivity contribution >= 4 is 23.4 Å². The van der Waals surface area contributed by atoms with Crippen LogP contribution in [-0.2, 0) is 39.6 Å². The number of phenolic OH excluding ortho intramolecular Hbond substituents is 2. The number of ketones is 2. The Morgan fingerprint density at radius 3 is 2.67 bits per heavy atom. The minimum absolute atomic E-state index is 0.00317. The SMILES string of the molecule is COc1cccc2c1C(=N)c1c(O)c3c(c(O)c1C2=O)C[C@@](O)(C(=O)COC(=O)N1CCCNCC1)C[C@@H]3O[C@H]1C[C@H]2[C@H](O[C@@H]3[C@@H](OC)OCCN32)[C@H](C)O1. The van der Waals surface area contributed by atoms with Gasteiger partial charge in [0.1, 0.15) is 29.0 Å². The van der Waals surface area contributed by atoms with E-state index >= 15 is 0 Å². The lowest BCUT2D eigenvalue weighted by Gasteiger charge is -2.43. The minimum atomic E-state index is -2.27. The van der Waals surface area contributed by atoms with Gasteiger partial charge in [-0.15, -0.1) is 0 Å². The van der Waals surface area contributed by atoms with Gasteiger partial charge < -0.3 is 58.7 Å². The van der Waals surface area contributed by atoms with E-state index in [1.165, 1.54) is 18.1 Å². The van der Waals surface area contributed by atoms with Crippen LogP contribution in [0.5, 0.6) is 17.2 Å². The Balaban J connectivity index is 1.14. The van der Waals surface area contributed by atoms with Gasteiger partial charge in [0, 0.05) is 75.3 Å². The molecule has 6 aliphatic rings. The predicted molar refractivity (Wildman–Crippen MR) is 189 cm³/mol. The molecule has 2 aromatic carbocycles. The molecular weight excluding hydrogens is 720 g/mol. The molecule has 0 radical (unpaired) electrons. The molecule has 0 spiro atoms. The van der Waals surface area contributed by atoms with Gasteiger partial charge in [-0.05, 0) is 26.0 Å². The summed E-state index contributed by atoms with van der Waals surface area (Å²) in [6.07, 6.45) is -4.83. The molecule has 8 atom stereocenters. The number of benzene rings is 2. The second kappa shape index (κ2) is 14.7. The van der Waals surface area contributed by atoms with Crippen molar-refractivity contribution in [1.29, 1.82) is 5.41 Å². The predicted octanol–water partition coefficient (Wildman–Crippen LogP) is 1.34. The van der Waals surface area contributed by atoms with Gasteiger partial charge in [0.25, 0.3) is 0 Å². The quantitative estimate of drug-likeness (QED) is 0.214. The molecule has 1 amide bonds. The Morgan fingerprint density at radius 2 is 1.89 bits per heavy atom. The molecular formula is C38H46N4O13. The number of hydrogen-bond acceptors (Lipinski definition) is 16. The normalized spacial score (nSPS) is 31.7. The molecule has 2 aromatic rings. The number of rotatable bonds is 7. The first kappa shape index (κ1) is 37.7. The molecule has 4 aliphatic heterocycles. The number of aromatic hydroxyl groups is 2. The Kier molecular flexibility index (Phi) is 10.1. The van der Waals surface area contributed by atoms with Gasteiger partial charge in [0.2, 0.25) is 5.78 Å². The number of phenols is 2. The Morgan fingerprint density at radius 1 is 1.07 bits per heavy atom. The zero-order valence-corrected chi connectivity index (χ0v) is 30.9. The van der Waals surface area contributed by atoms with Crippen LogP contribution in [-0.4, -0.2) is 151 Å². The van der Waals surface area contributed by atoms with Crippen LogP contribution >= 0.6 is 0 Å². The van der Waals surface area contributed by atoms with Crippen molar-refractivity contribution in [2.24, 2.45) is 0 Å². The number of amides is 1. The van der Waals surface area contributed by atoms with Crippen LogP contribution in [0.25, 0.3) is 0 Å². The third kappa shape index (κ3) is 6.36. The molecule has 55 heavy (non-hydrogen) atoms. The van der Waals surface area contributed by atoms with Crippen LogP contribution in [0, 0.1) is 5.41 Å². The highest BCUT2D eigenvalue weighted by Gasteiger charge is 2.55. The summed E-state index contributed by atoms with van der Waals surface area (Å²) < 4.78 is 41.4. The Labute approximate surface area is 316 Å². The van der Waals surface area contributed by atoms with Crippen LogP contribution in [0.1, 0.15) is 70.5 Å². The summed E-state index contributed by atoms with van der Waals surface area (Å²) in [5.41, 5.74) is -3.00. The summed E-state index contributed by atoms with van der Waals surface area (Å²) in [7, 11) is 2.95. The largest absolute Gasteiger partial charge is 0.507 e. The van der Waals surface area contributed by atoms with Crippen LogP contribution in [0.15, 0.2) is 18.2 Å². The van der Waals surface area contributed by atoms with Crippen molar-refractivity contribution in [3.8, 4) is 17.2 Å². The third-order valence-corrected chi connectivity index (χ3v) is 11.7. The summed E-state index contributed by atoms with van der Waals surface area (Å²) in [6.45, 7) is 4.20. The number of nitrogens with zero attached hydrogens (tertiary/aromatic N) is 2. The number of Topliss-reactive ketones (excluding diaryl/α,β-unsaturated/α-hetero) is 1. The van der Waals surface area contributed by atoms with E-state index in [-0.39, 0.29) is 57.0 Å². The van der Waals surface area contributed by atoms with Crippen LogP contribution < -0.4 is 10.1 Å². The smallest absolute Gasteiger partial charge is 0.410 e. The highest BCUT2D eigenvalue weighted by Crippen LogP contribution is 2.53. The molecule has 0 aromatic heterocycles. The summed E-state index contributed by atoms with van der Waals surface area (Å²) in [5.74, 6) is -2.43. The number of aliphatic hydroxyl groups is 1. The maximum atomic E-state index is 14.0. The summed E-state index contributed by atoms with van der Waals surface area (Å²) >= 11 is 0. The Bertz CT molecular complexity index is 1900. The van der Waals surface area contributed by atoms with Crippen molar-refractivity contribution < 1.29 is 62.9 Å². The molecule has 4 saturated heterocycles. The van der Waals surface area contributed by atoms with Crippen molar-refractivity contribution in [2.45, 2.75) is 81.4 Å². The van der Waals surface area contributed by atoms with Gasteiger partial charge in [-0.1, -0.05) is 12.1 Å². The molecule has 0 unspecified atom stereocenters. The van der Waals surface area contributed by atoms with Crippen LogP contribution in [0.2, 0.25) is 0 Å². The maximum Gasteiger partial charge on any atom is 0.410 e. The molecule has 0 saturated carbocycles. The van der Waals surface area contributed by atoms with Gasteiger partial charge in [0.05, 0.1) is 48.3 Å². The molecule has 4 fully saturated rings.